The molecule has 6 nitrogen and oxygen atoms in total. The predicted molar refractivity (Wildman–Crippen MR) is 83.8 cm³/mol. The van der Waals surface area contributed by atoms with E-state index in [1.54, 1.807) is 6.07 Å². The first kappa shape index (κ1) is 16.4. The number of anilines is 1. The lowest BCUT2D eigenvalue weighted by molar-refractivity contribution is -0.153. The molecule has 3 rings (SSSR count). The van der Waals surface area contributed by atoms with Crippen LogP contribution >= 0.6 is 0 Å². The summed E-state index contributed by atoms with van der Waals surface area (Å²) in [6.07, 6.45) is 1.94. The topological polar surface area (TPSA) is 77.9 Å². The standard InChI is InChI=1S/C17H19FN2O4/c18-12-5-1-2-6-13(12)20-10-11(9-15(20)21)16(22)19-8-4-3-7-14(19)17(23)24/h1-2,5-6,11,14H,3-4,7-10H2,(H,23,24)/t11?,14-/m1/s1. The van der Waals surface area contributed by atoms with Crippen LogP contribution in [0.4, 0.5) is 10.1 Å². The highest BCUT2D eigenvalue weighted by molar-refractivity contribution is 6.00. The van der Waals surface area contributed by atoms with Crippen molar-refractivity contribution in [2.45, 2.75) is 31.7 Å². The van der Waals surface area contributed by atoms with Crippen molar-refractivity contribution in [1.82, 2.24) is 4.90 Å². The number of nitrogens with zero attached hydrogens (tertiary/aromatic N) is 2. The lowest BCUT2D eigenvalue weighted by atomic mass is 9.98. The van der Waals surface area contributed by atoms with Gasteiger partial charge in [0.05, 0.1) is 11.6 Å². The molecule has 2 heterocycles. The van der Waals surface area contributed by atoms with Gasteiger partial charge in [-0.25, -0.2) is 9.18 Å². The van der Waals surface area contributed by atoms with E-state index in [1.807, 2.05) is 0 Å². The molecule has 2 aliphatic rings. The highest BCUT2D eigenvalue weighted by Gasteiger charge is 2.41. The zero-order chi connectivity index (χ0) is 17.3. The maximum atomic E-state index is 13.9. The fourth-order valence-corrected chi connectivity index (χ4v) is 3.46. The van der Waals surface area contributed by atoms with Crippen LogP contribution in [0.2, 0.25) is 0 Å². The molecule has 2 aliphatic heterocycles. The van der Waals surface area contributed by atoms with Crippen LogP contribution in [0.15, 0.2) is 24.3 Å². The van der Waals surface area contributed by atoms with Crippen molar-refractivity contribution < 1.29 is 23.9 Å². The van der Waals surface area contributed by atoms with E-state index in [-0.39, 0.29) is 30.5 Å². The highest BCUT2D eigenvalue weighted by Crippen LogP contribution is 2.30. The first-order valence-electron chi connectivity index (χ1n) is 8.07. The van der Waals surface area contributed by atoms with Crippen LogP contribution in [-0.4, -0.2) is 46.9 Å². The Morgan fingerprint density at radius 3 is 2.67 bits per heavy atom. The number of aliphatic carboxylic acids is 1. The molecule has 1 N–H and O–H groups in total. The lowest BCUT2D eigenvalue weighted by Crippen LogP contribution is -2.50. The summed E-state index contributed by atoms with van der Waals surface area (Å²) in [5, 5.41) is 9.30. The van der Waals surface area contributed by atoms with Crippen molar-refractivity contribution in [3.63, 3.8) is 0 Å². The van der Waals surface area contributed by atoms with Gasteiger partial charge in [0.1, 0.15) is 11.9 Å². The Labute approximate surface area is 138 Å². The van der Waals surface area contributed by atoms with Gasteiger partial charge in [0.15, 0.2) is 0 Å². The van der Waals surface area contributed by atoms with E-state index < -0.39 is 23.7 Å². The molecule has 128 valence electrons. The summed E-state index contributed by atoms with van der Waals surface area (Å²) in [6, 6.07) is 5.10. The highest BCUT2D eigenvalue weighted by atomic mass is 19.1. The molecule has 0 radical (unpaired) electrons. The molecule has 2 saturated heterocycles. The normalized spacial score (nSPS) is 24.3. The number of carboxylic acids is 1. The first-order chi connectivity index (χ1) is 11.5. The number of amides is 2. The molecule has 0 aliphatic carbocycles. The summed E-state index contributed by atoms with van der Waals surface area (Å²) in [4.78, 5) is 38.9. The Balaban J connectivity index is 1.76. The van der Waals surface area contributed by atoms with Gasteiger partial charge in [-0.15, -0.1) is 0 Å². The molecule has 2 atom stereocenters. The van der Waals surface area contributed by atoms with E-state index in [0.29, 0.717) is 13.0 Å². The molecule has 2 amide bonds. The summed E-state index contributed by atoms with van der Waals surface area (Å²) in [5.41, 5.74) is 0.159. The SMILES string of the molecule is O=C(O)[C@H]1CCCCN1C(=O)C1CC(=O)N(c2ccccc2F)C1. The minimum Gasteiger partial charge on any atom is -0.480 e. The van der Waals surface area contributed by atoms with Gasteiger partial charge in [-0.3, -0.25) is 9.59 Å². The summed E-state index contributed by atoms with van der Waals surface area (Å²) in [7, 11) is 0. The Morgan fingerprint density at radius 1 is 1.21 bits per heavy atom. The van der Waals surface area contributed by atoms with E-state index in [1.165, 1.54) is 28.0 Å². The molecule has 1 unspecified atom stereocenters. The van der Waals surface area contributed by atoms with Crippen molar-refractivity contribution in [3.8, 4) is 0 Å². The second kappa shape index (κ2) is 6.59. The number of hydrogen-bond acceptors (Lipinski definition) is 3. The number of para-hydroxylation sites is 1. The number of hydrogen-bond donors (Lipinski definition) is 1. The molecular weight excluding hydrogens is 315 g/mol. The fraction of sp³-hybridized carbons (Fsp3) is 0.471. The van der Waals surface area contributed by atoms with E-state index in [4.69, 9.17) is 0 Å². The maximum absolute atomic E-state index is 13.9. The van der Waals surface area contributed by atoms with Gasteiger partial charge >= 0.3 is 5.97 Å². The third kappa shape index (κ3) is 2.98. The second-order valence-electron chi connectivity index (χ2n) is 6.24. The van der Waals surface area contributed by atoms with Crippen LogP contribution in [-0.2, 0) is 14.4 Å². The lowest BCUT2D eigenvalue weighted by Gasteiger charge is -2.34. The molecule has 0 bridgehead atoms. The van der Waals surface area contributed by atoms with Crippen molar-refractivity contribution in [2.75, 3.05) is 18.0 Å². The van der Waals surface area contributed by atoms with E-state index >= 15 is 0 Å². The Morgan fingerprint density at radius 2 is 1.96 bits per heavy atom. The summed E-state index contributed by atoms with van der Waals surface area (Å²) >= 11 is 0. The average Bonchev–Trinajstić information content (AvgIpc) is 2.96. The fourth-order valence-electron chi connectivity index (χ4n) is 3.46. The Kier molecular flexibility index (Phi) is 4.51. The number of rotatable bonds is 3. The Bertz CT molecular complexity index is 678. The molecule has 7 heteroatoms. The molecule has 1 aromatic rings. The van der Waals surface area contributed by atoms with Crippen LogP contribution < -0.4 is 4.90 Å². The van der Waals surface area contributed by atoms with Gasteiger partial charge in [0.2, 0.25) is 11.8 Å². The van der Waals surface area contributed by atoms with Crippen molar-refractivity contribution in [2.24, 2.45) is 5.92 Å². The summed E-state index contributed by atoms with van der Waals surface area (Å²) in [5.74, 6) is -2.80. The number of likely N-dealkylation sites (tertiary alicyclic amines) is 1. The number of carbonyl (C=O) groups is 3. The molecule has 0 aromatic heterocycles. The van der Waals surface area contributed by atoms with Gasteiger partial charge in [-0.1, -0.05) is 12.1 Å². The van der Waals surface area contributed by atoms with Gasteiger partial charge in [-0.05, 0) is 31.4 Å². The number of benzene rings is 1. The molecule has 24 heavy (non-hydrogen) atoms. The summed E-state index contributed by atoms with van der Waals surface area (Å²) in [6.45, 7) is 0.474. The number of carbonyl (C=O) groups excluding carboxylic acids is 2. The van der Waals surface area contributed by atoms with Gasteiger partial charge in [0.25, 0.3) is 0 Å². The minimum absolute atomic E-state index is 0.0179. The largest absolute Gasteiger partial charge is 0.480 e. The average molecular weight is 334 g/mol. The smallest absolute Gasteiger partial charge is 0.326 e. The molecule has 0 saturated carbocycles. The van der Waals surface area contributed by atoms with E-state index in [2.05, 4.69) is 0 Å². The van der Waals surface area contributed by atoms with Crippen LogP contribution in [0, 0.1) is 11.7 Å². The van der Waals surface area contributed by atoms with Crippen molar-refractivity contribution in [1.29, 1.82) is 0 Å². The van der Waals surface area contributed by atoms with Gasteiger partial charge in [-0.2, -0.15) is 0 Å². The molecule has 2 fully saturated rings. The monoisotopic (exact) mass is 334 g/mol. The van der Waals surface area contributed by atoms with Gasteiger partial charge < -0.3 is 14.9 Å². The Hall–Kier alpha value is -2.44. The zero-order valence-corrected chi connectivity index (χ0v) is 13.2. The second-order valence-corrected chi connectivity index (χ2v) is 6.24. The minimum atomic E-state index is -1.02. The van der Waals surface area contributed by atoms with Crippen molar-refractivity contribution >= 4 is 23.5 Å². The van der Waals surface area contributed by atoms with Crippen LogP contribution in [0.1, 0.15) is 25.7 Å². The van der Waals surface area contributed by atoms with Gasteiger partial charge in [0, 0.05) is 19.5 Å². The number of piperidine rings is 1. The predicted octanol–water partition coefficient (Wildman–Crippen LogP) is 1.64. The van der Waals surface area contributed by atoms with Crippen LogP contribution in [0.25, 0.3) is 0 Å². The van der Waals surface area contributed by atoms with Crippen LogP contribution in [0.3, 0.4) is 0 Å². The summed E-state index contributed by atoms with van der Waals surface area (Å²) < 4.78 is 13.9. The van der Waals surface area contributed by atoms with Crippen molar-refractivity contribution in [3.05, 3.63) is 30.1 Å². The third-order valence-corrected chi connectivity index (χ3v) is 4.69. The number of halogens is 1. The first-order valence-corrected chi connectivity index (χ1v) is 8.07. The van der Waals surface area contributed by atoms with E-state index in [0.717, 1.165) is 12.8 Å². The number of carboxylic acid groups (broad SMARTS) is 1. The zero-order valence-electron chi connectivity index (χ0n) is 13.2. The molecule has 1 aromatic carbocycles. The van der Waals surface area contributed by atoms with E-state index in [9.17, 15) is 23.9 Å². The maximum Gasteiger partial charge on any atom is 0.326 e. The third-order valence-electron chi connectivity index (χ3n) is 4.69. The quantitative estimate of drug-likeness (QED) is 0.912. The molecular formula is C17H19FN2O4. The molecule has 0 spiro atoms. The van der Waals surface area contributed by atoms with Crippen LogP contribution in [0.5, 0.6) is 0 Å².